The minimum absolute atomic E-state index is 0.0486. The van der Waals surface area contributed by atoms with Crippen molar-refractivity contribution < 1.29 is 14.3 Å². The fourth-order valence-electron chi connectivity index (χ4n) is 1.99. The second-order valence-electron chi connectivity index (χ2n) is 4.41. The lowest BCUT2D eigenvalue weighted by molar-refractivity contribution is -0.142. The number of nitrogens with zero attached hydrogens (tertiary/aromatic N) is 2. The third-order valence-electron chi connectivity index (χ3n) is 2.94. The first-order chi connectivity index (χ1) is 9.13. The molecule has 6 nitrogen and oxygen atoms in total. The van der Waals surface area contributed by atoms with Crippen LogP contribution < -0.4 is 10.6 Å². The molecule has 0 saturated carbocycles. The van der Waals surface area contributed by atoms with Crippen LogP contribution >= 0.6 is 11.3 Å². The van der Waals surface area contributed by atoms with E-state index in [1.54, 1.807) is 17.2 Å². The van der Waals surface area contributed by atoms with Gasteiger partial charge in [-0.2, -0.15) is 0 Å². The molecule has 1 atom stereocenters. The average Bonchev–Trinajstić information content (AvgIpc) is 2.96. The maximum atomic E-state index is 11.8. The Balaban J connectivity index is 2.01. The lowest BCUT2D eigenvalue weighted by Crippen LogP contribution is -2.25. The van der Waals surface area contributed by atoms with Gasteiger partial charge in [-0.15, -0.1) is 11.3 Å². The normalized spacial score (nSPS) is 18.9. The molecule has 0 aliphatic carbocycles. The minimum atomic E-state index is -0.299. The Labute approximate surface area is 115 Å². The van der Waals surface area contributed by atoms with Crippen molar-refractivity contribution in [3.63, 3.8) is 0 Å². The Kier molecular flexibility index (Phi) is 4.49. The molecule has 2 heterocycles. The highest BCUT2D eigenvalue weighted by Crippen LogP contribution is 2.27. The largest absolute Gasteiger partial charge is 0.466 e. The monoisotopic (exact) mass is 283 g/mol. The van der Waals surface area contributed by atoms with Gasteiger partial charge in [0, 0.05) is 18.3 Å². The summed E-state index contributed by atoms with van der Waals surface area (Å²) in [6.45, 7) is 3.24. The van der Waals surface area contributed by atoms with Gasteiger partial charge in [0.05, 0.1) is 18.7 Å². The molecule has 1 aliphatic rings. The van der Waals surface area contributed by atoms with Crippen molar-refractivity contribution in [3.8, 4) is 0 Å². The van der Waals surface area contributed by atoms with Crippen molar-refractivity contribution in [2.45, 2.75) is 19.8 Å². The van der Waals surface area contributed by atoms with E-state index in [1.165, 1.54) is 11.3 Å². The van der Waals surface area contributed by atoms with Crippen LogP contribution in [0.4, 0.5) is 5.13 Å². The summed E-state index contributed by atoms with van der Waals surface area (Å²) >= 11 is 1.37. The molecule has 1 aromatic rings. The van der Waals surface area contributed by atoms with Crippen LogP contribution in [0.2, 0.25) is 0 Å². The Morgan fingerprint density at radius 3 is 3.11 bits per heavy atom. The topological polar surface area (TPSA) is 85.5 Å². The number of thiazole rings is 1. The minimum Gasteiger partial charge on any atom is -0.466 e. The van der Waals surface area contributed by atoms with E-state index in [0.29, 0.717) is 36.9 Å². The molecule has 7 heteroatoms. The van der Waals surface area contributed by atoms with Crippen LogP contribution in [-0.4, -0.2) is 36.6 Å². The molecule has 1 aromatic heterocycles. The molecule has 1 saturated heterocycles. The summed E-state index contributed by atoms with van der Waals surface area (Å²) < 4.78 is 4.86. The van der Waals surface area contributed by atoms with E-state index in [1.807, 2.05) is 0 Å². The van der Waals surface area contributed by atoms with Gasteiger partial charge in [-0.1, -0.05) is 0 Å². The van der Waals surface area contributed by atoms with E-state index in [9.17, 15) is 9.59 Å². The highest BCUT2D eigenvalue weighted by Gasteiger charge is 2.31. The first-order valence-electron chi connectivity index (χ1n) is 6.24. The Morgan fingerprint density at radius 2 is 2.47 bits per heavy atom. The molecule has 2 rings (SSSR count). The van der Waals surface area contributed by atoms with Crippen LogP contribution in [0.3, 0.4) is 0 Å². The standard InChI is InChI=1S/C12H17N3O3S/c1-2-18-11(17)4-9-7-19-12(14-9)15-6-8(5-13)3-10(15)16/h7-8H,2-6,13H2,1H3. The van der Waals surface area contributed by atoms with Crippen molar-refractivity contribution in [3.05, 3.63) is 11.1 Å². The maximum Gasteiger partial charge on any atom is 0.311 e. The molecule has 1 aliphatic heterocycles. The summed E-state index contributed by atoms with van der Waals surface area (Å²) in [7, 11) is 0. The zero-order valence-electron chi connectivity index (χ0n) is 10.8. The molecule has 1 unspecified atom stereocenters. The SMILES string of the molecule is CCOC(=O)Cc1csc(N2CC(CN)CC2=O)n1. The van der Waals surface area contributed by atoms with Gasteiger partial charge in [0.15, 0.2) is 5.13 Å². The molecule has 2 N–H and O–H groups in total. The quantitative estimate of drug-likeness (QED) is 0.798. The third-order valence-corrected chi connectivity index (χ3v) is 3.85. The zero-order valence-corrected chi connectivity index (χ0v) is 11.6. The summed E-state index contributed by atoms with van der Waals surface area (Å²) in [6.07, 6.45) is 0.621. The van der Waals surface area contributed by atoms with Gasteiger partial charge in [0.1, 0.15) is 0 Å². The number of esters is 1. The molecule has 1 amide bonds. The van der Waals surface area contributed by atoms with Crippen molar-refractivity contribution in [1.82, 2.24) is 4.98 Å². The highest BCUT2D eigenvalue weighted by atomic mass is 32.1. The number of hydrogen-bond donors (Lipinski definition) is 1. The van der Waals surface area contributed by atoms with E-state index >= 15 is 0 Å². The zero-order chi connectivity index (χ0) is 13.8. The maximum absolute atomic E-state index is 11.8. The van der Waals surface area contributed by atoms with E-state index in [0.717, 1.165) is 0 Å². The lowest BCUT2D eigenvalue weighted by atomic mass is 10.1. The molecule has 0 spiro atoms. The summed E-state index contributed by atoms with van der Waals surface area (Å²) in [5, 5.41) is 2.43. The number of carbonyl (C=O) groups is 2. The Bertz CT molecular complexity index is 475. The third kappa shape index (κ3) is 3.30. The number of rotatable bonds is 5. The van der Waals surface area contributed by atoms with Crippen LogP contribution in [0, 0.1) is 5.92 Å². The van der Waals surface area contributed by atoms with Gasteiger partial charge < -0.3 is 10.5 Å². The van der Waals surface area contributed by atoms with Gasteiger partial charge in [-0.05, 0) is 19.4 Å². The molecular formula is C12H17N3O3S. The summed E-state index contributed by atoms with van der Waals surface area (Å²) in [5.74, 6) is -0.0516. The van der Waals surface area contributed by atoms with E-state index in [2.05, 4.69) is 4.98 Å². The van der Waals surface area contributed by atoms with Gasteiger partial charge in [0.2, 0.25) is 5.91 Å². The number of nitrogens with two attached hydrogens (primary N) is 1. The van der Waals surface area contributed by atoms with E-state index in [4.69, 9.17) is 10.5 Å². The predicted octanol–water partition coefficient (Wildman–Crippen LogP) is 0.560. The number of aromatic nitrogens is 1. The molecule has 0 aromatic carbocycles. The molecular weight excluding hydrogens is 266 g/mol. The highest BCUT2D eigenvalue weighted by molar-refractivity contribution is 7.14. The number of ether oxygens (including phenoxy) is 1. The molecule has 19 heavy (non-hydrogen) atoms. The smallest absolute Gasteiger partial charge is 0.311 e. The summed E-state index contributed by atoms with van der Waals surface area (Å²) in [4.78, 5) is 29.1. The van der Waals surface area contributed by atoms with Crippen LogP contribution in [0.15, 0.2) is 5.38 Å². The van der Waals surface area contributed by atoms with Crippen LogP contribution in [0.1, 0.15) is 19.0 Å². The first-order valence-corrected chi connectivity index (χ1v) is 7.12. The number of hydrogen-bond acceptors (Lipinski definition) is 6. The summed E-state index contributed by atoms with van der Waals surface area (Å²) in [5.41, 5.74) is 6.22. The lowest BCUT2D eigenvalue weighted by Gasteiger charge is -2.11. The fourth-order valence-corrected chi connectivity index (χ4v) is 2.84. The molecule has 104 valence electrons. The van der Waals surface area contributed by atoms with E-state index < -0.39 is 0 Å². The van der Waals surface area contributed by atoms with Gasteiger partial charge in [-0.3, -0.25) is 14.5 Å². The summed E-state index contributed by atoms with van der Waals surface area (Å²) in [6, 6.07) is 0. The van der Waals surface area contributed by atoms with Crippen molar-refractivity contribution >= 4 is 28.3 Å². The molecule has 0 bridgehead atoms. The van der Waals surface area contributed by atoms with Gasteiger partial charge in [-0.25, -0.2) is 4.98 Å². The average molecular weight is 283 g/mol. The second-order valence-corrected chi connectivity index (χ2v) is 5.25. The second kappa shape index (κ2) is 6.12. The Hall–Kier alpha value is -1.47. The van der Waals surface area contributed by atoms with Crippen LogP contribution in [0.25, 0.3) is 0 Å². The van der Waals surface area contributed by atoms with Crippen LogP contribution in [0.5, 0.6) is 0 Å². The van der Waals surface area contributed by atoms with Crippen molar-refractivity contribution in [2.24, 2.45) is 11.7 Å². The van der Waals surface area contributed by atoms with E-state index in [-0.39, 0.29) is 24.2 Å². The van der Waals surface area contributed by atoms with Gasteiger partial charge >= 0.3 is 5.97 Å². The van der Waals surface area contributed by atoms with Gasteiger partial charge in [0.25, 0.3) is 0 Å². The fraction of sp³-hybridized carbons (Fsp3) is 0.583. The number of amides is 1. The molecule has 0 radical (unpaired) electrons. The number of anilines is 1. The van der Waals surface area contributed by atoms with Crippen molar-refractivity contribution in [1.29, 1.82) is 0 Å². The predicted molar refractivity (Wildman–Crippen MR) is 72.0 cm³/mol. The van der Waals surface area contributed by atoms with Crippen LogP contribution in [-0.2, 0) is 20.7 Å². The van der Waals surface area contributed by atoms with Crippen molar-refractivity contribution in [2.75, 3.05) is 24.6 Å². The first kappa shape index (κ1) is 14.0. The number of carbonyl (C=O) groups excluding carboxylic acids is 2. The Morgan fingerprint density at radius 1 is 1.68 bits per heavy atom. The molecule has 1 fully saturated rings.